The van der Waals surface area contributed by atoms with Gasteiger partial charge in [0.15, 0.2) is 6.10 Å². The van der Waals surface area contributed by atoms with E-state index in [1.807, 2.05) is 114 Å². The first kappa shape index (κ1) is 43.4. The van der Waals surface area contributed by atoms with Gasteiger partial charge in [0.2, 0.25) is 0 Å². The first-order valence-corrected chi connectivity index (χ1v) is 18.1. The van der Waals surface area contributed by atoms with E-state index in [9.17, 15) is 4.79 Å². The first-order valence-electron chi connectivity index (χ1n) is 15.8. The van der Waals surface area contributed by atoms with Crippen molar-refractivity contribution in [1.82, 2.24) is 0 Å². The molecule has 0 amide bonds. The van der Waals surface area contributed by atoms with Crippen LogP contribution in [0.2, 0.25) is 0 Å². The monoisotopic (exact) mass is 832 g/mol. The molecule has 0 aromatic heterocycles. The van der Waals surface area contributed by atoms with Gasteiger partial charge in [-0.2, -0.15) is 0 Å². The fourth-order valence-corrected chi connectivity index (χ4v) is 5.74. The number of halogens is 1. The molecule has 0 atom stereocenters. The van der Waals surface area contributed by atoms with Crippen molar-refractivity contribution in [1.29, 1.82) is 0 Å². The van der Waals surface area contributed by atoms with Gasteiger partial charge < -0.3 is 28.4 Å². The molecular formula is C43H35ClO9Ru+. The molecule has 1 aliphatic rings. The van der Waals surface area contributed by atoms with Crippen molar-refractivity contribution in [2.24, 2.45) is 0 Å². The van der Waals surface area contributed by atoms with Gasteiger partial charge in [-0.15, -0.1) is 0 Å². The van der Waals surface area contributed by atoms with Crippen LogP contribution in [-0.2, 0) is 31.4 Å². The molecule has 6 rings (SSSR count). The van der Waals surface area contributed by atoms with Crippen LogP contribution in [0.5, 0.6) is 28.7 Å². The van der Waals surface area contributed by atoms with Gasteiger partial charge in [0.05, 0.1) is 52.9 Å². The van der Waals surface area contributed by atoms with Gasteiger partial charge in [0.25, 0.3) is 0 Å². The van der Waals surface area contributed by atoms with Crippen LogP contribution in [0.3, 0.4) is 0 Å². The Bertz CT molecular complexity index is 1780. The minimum atomic E-state index is -0.505. The zero-order valence-electron chi connectivity index (χ0n) is 30.0. The molecule has 1 aliphatic carbocycles. The Balaban J connectivity index is 0.00000124. The summed E-state index contributed by atoms with van der Waals surface area (Å²) in [6.45, 7) is 9.00. The normalized spacial score (nSPS) is 13.0. The predicted molar refractivity (Wildman–Crippen MR) is 197 cm³/mol. The summed E-state index contributed by atoms with van der Waals surface area (Å²) >= 11 is 1.82. The van der Waals surface area contributed by atoms with Crippen molar-refractivity contribution in [3.8, 4) is 28.7 Å². The van der Waals surface area contributed by atoms with Gasteiger partial charge in [0.1, 0.15) is 28.7 Å². The summed E-state index contributed by atoms with van der Waals surface area (Å²) in [6.07, 6.45) is 0.419. The van der Waals surface area contributed by atoms with Crippen molar-refractivity contribution >= 4 is 15.7 Å². The second-order valence-electron chi connectivity index (χ2n) is 10.9. The van der Waals surface area contributed by atoms with Gasteiger partial charge >= 0.3 is 55.6 Å². The van der Waals surface area contributed by atoms with E-state index in [1.54, 1.807) is 59.8 Å². The van der Waals surface area contributed by atoms with Crippen LogP contribution in [0.1, 0.15) is 32.6 Å². The van der Waals surface area contributed by atoms with E-state index in [4.69, 9.17) is 37.7 Å². The number of hydrogen-bond acceptors (Lipinski definition) is 7. The molecule has 9 nitrogen and oxygen atoms in total. The summed E-state index contributed by atoms with van der Waals surface area (Å²) in [5, 5.41) is 0. The summed E-state index contributed by atoms with van der Waals surface area (Å²) < 4.78 is 48.8. The van der Waals surface area contributed by atoms with E-state index >= 15 is 0 Å². The minimum absolute atomic E-state index is 0.385. The molecule has 0 saturated heterocycles. The Morgan fingerprint density at radius 1 is 0.426 bits per heavy atom. The Morgan fingerprint density at radius 2 is 0.648 bits per heavy atom. The molecule has 0 aliphatic heterocycles. The molecule has 1 fully saturated rings. The molecule has 0 spiro atoms. The third-order valence-electron chi connectivity index (χ3n) is 8.24. The van der Waals surface area contributed by atoms with E-state index in [0.29, 0.717) is 28.9 Å². The number of benzene rings is 5. The number of rotatable bonds is 11. The van der Waals surface area contributed by atoms with Crippen molar-refractivity contribution in [3.05, 3.63) is 192 Å². The van der Waals surface area contributed by atoms with Crippen LogP contribution >= 0.6 is 9.69 Å². The number of methoxy groups -OCH3 is 5. The Morgan fingerprint density at radius 3 is 0.889 bits per heavy atom. The molecule has 0 bridgehead atoms. The molecule has 0 unspecified atom stereocenters. The summed E-state index contributed by atoms with van der Waals surface area (Å²) in [4.78, 5) is 14.0. The second kappa shape index (κ2) is 22.2. The SMILES string of the molecule is COc1ccc([C]2[C](OC(=O)c3ccc(OC)cc3)[C](c3ccc(OC)cc3)[C](c3ccc(OC)cc3)[C]2c2ccc(OC)cc2)cc1.[C-]#[O+].[C-]#[O+].[Cl][Ru+]. The zero-order chi connectivity index (χ0) is 39.6. The summed E-state index contributed by atoms with van der Waals surface area (Å²) in [6, 6.07) is 38.1. The standard InChI is InChI=1S/C41H35O7.2CO.ClH.Ru/c1-43-31-16-6-26(7-17-31)36-37(27-8-18-32(44-2)19-9-27)39(29-12-22-34(46-4)23-13-29)40(38(36)28-10-20-33(45-3)21-11-28)48-41(42)30-14-24-35(47-5)25-15-30;2*1-2;;/h6-25H,1-5H3;;;1H;/q;;;;+2/p-1. The summed E-state index contributed by atoms with van der Waals surface area (Å²) in [5.41, 5.74) is 3.89. The van der Waals surface area contributed by atoms with Crippen LogP contribution in [0, 0.1) is 43.1 Å². The molecule has 0 heterocycles. The van der Waals surface area contributed by atoms with Crippen LogP contribution in [0.25, 0.3) is 0 Å². The van der Waals surface area contributed by atoms with Gasteiger partial charge in [-0.05, 0) is 95.1 Å². The van der Waals surface area contributed by atoms with E-state index in [1.165, 1.54) is 0 Å². The molecule has 0 N–H and O–H groups in total. The first-order chi connectivity index (χ1) is 26.5. The summed E-state index contributed by atoms with van der Waals surface area (Å²) in [7, 11) is 12.7. The van der Waals surface area contributed by atoms with Crippen molar-refractivity contribution < 1.29 is 59.8 Å². The second-order valence-corrected chi connectivity index (χ2v) is 10.9. The molecule has 5 aromatic rings. The van der Waals surface area contributed by atoms with Crippen LogP contribution in [-0.4, -0.2) is 41.5 Å². The third-order valence-corrected chi connectivity index (χ3v) is 8.24. The van der Waals surface area contributed by atoms with Crippen molar-refractivity contribution in [2.45, 2.75) is 0 Å². The Labute approximate surface area is 330 Å². The Kier molecular flexibility index (Phi) is 17.9. The molecule has 54 heavy (non-hydrogen) atoms. The predicted octanol–water partition coefficient (Wildman–Crippen LogP) is 8.54. The van der Waals surface area contributed by atoms with Gasteiger partial charge in [-0.1, -0.05) is 48.5 Å². The molecule has 5 radical (unpaired) electrons. The molecule has 275 valence electrons. The topological polar surface area (TPSA) is 112 Å². The number of ether oxygens (including phenoxy) is 6. The van der Waals surface area contributed by atoms with Crippen molar-refractivity contribution in [3.63, 3.8) is 0 Å². The summed E-state index contributed by atoms with van der Waals surface area (Å²) in [5.74, 6) is 6.27. The molecule has 5 aromatic carbocycles. The van der Waals surface area contributed by atoms with E-state index < -0.39 is 5.97 Å². The Hall–Kier alpha value is -5.04. The van der Waals surface area contributed by atoms with Crippen molar-refractivity contribution in [2.75, 3.05) is 35.5 Å². The van der Waals surface area contributed by atoms with E-state index in [0.717, 1.165) is 57.4 Å². The van der Waals surface area contributed by atoms with E-state index in [-0.39, 0.29) is 0 Å². The number of hydrogen-bond donors (Lipinski definition) is 0. The number of carbonyl (C=O) groups is 1. The van der Waals surface area contributed by atoms with Gasteiger partial charge in [-0.25, -0.2) is 4.79 Å². The van der Waals surface area contributed by atoms with Gasteiger partial charge in [-0.3, -0.25) is 0 Å². The average molecular weight is 832 g/mol. The average Bonchev–Trinajstić information content (AvgIpc) is 3.60. The van der Waals surface area contributed by atoms with Crippen LogP contribution < -0.4 is 23.7 Å². The third kappa shape index (κ3) is 10.1. The number of esters is 1. The number of carbonyl (C=O) groups excluding carboxylic acids is 1. The van der Waals surface area contributed by atoms with Crippen LogP contribution in [0.4, 0.5) is 0 Å². The maximum atomic E-state index is 14.0. The molecule has 1 saturated carbocycles. The zero-order valence-corrected chi connectivity index (χ0v) is 32.4. The van der Waals surface area contributed by atoms with Gasteiger partial charge in [0, 0.05) is 11.8 Å². The molecular weight excluding hydrogens is 797 g/mol. The fourth-order valence-electron chi connectivity index (χ4n) is 5.74. The fraction of sp³-hybridized carbons (Fsp3) is 0.116. The van der Waals surface area contributed by atoms with E-state index in [2.05, 4.69) is 23.0 Å². The maximum absolute atomic E-state index is 14.0. The quantitative estimate of drug-likeness (QED) is 0.0568. The molecule has 11 heteroatoms. The van der Waals surface area contributed by atoms with Crippen LogP contribution in [0.15, 0.2) is 121 Å².